The van der Waals surface area contributed by atoms with Crippen molar-refractivity contribution in [1.29, 1.82) is 0 Å². The number of benzene rings is 1. The van der Waals surface area contributed by atoms with Gasteiger partial charge in [-0.3, -0.25) is 4.98 Å². The molecule has 3 aromatic rings. The molecular formula is C16H14FN3. The highest BCUT2D eigenvalue weighted by molar-refractivity contribution is 5.80. The van der Waals surface area contributed by atoms with E-state index in [-0.39, 0.29) is 11.9 Å². The van der Waals surface area contributed by atoms with E-state index in [4.69, 9.17) is 5.73 Å². The minimum Gasteiger partial charge on any atom is -0.324 e. The molecule has 2 N–H and O–H groups in total. The lowest BCUT2D eigenvalue weighted by Crippen LogP contribution is -2.08. The van der Waals surface area contributed by atoms with Crippen molar-refractivity contribution in [1.82, 2.24) is 9.97 Å². The highest BCUT2D eigenvalue weighted by Gasteiger charge is 2.13. The van der Waals surface area contributed by atoms with Gasteiger partial charge in [0.05, 0.1) is 16.7 Å². The van der Waals surface area contributed by atoms with Gasteiger partial charge in [-0.25, -0.2) is 9.37 Å². The van der Waals surface area contributed by atoms with E-state index in [0.717, 1.165) is 22.2 Å². The van der Waals surface area contributed by atoms with Gasteiger partial charge in [-0.05, 0) is 42.8 Å². The van der Waals surface area contributed by atoms with Gasteiger partial charge in [0, 0.05) is 17.8 Å². The smallest absolute Gasteiger partial charge is 0.123 e. The minimum atomic E-state index is -0.286. The lowest BCUT2D eigenvalue weighted by Gasteiger charge is -2.13. The van der Waals surface area contributed by atoms with Crippen LogP contribution in [0.4, 0.5) is 4.39 Å². The molecule has 2 heterocycles. The highest BCUT2D eigenvalue weighted by Crippen LogP contribution is 2.28. The van der Waals surface area contributed by atoms with Gasteiger partial charge in [0.2, 0.25) is 0 Å². The van der Waals surface area contributed by atoms with Crippen LogP contribution in [0, 0.1) is 5.82 Å². The number of aromatic nitrogens is 2. The Morgan fingerprint density at radius 3 is 2.70 bits per heavy atom. The number of hydrogen-bond acceptors (Lipinski definition) is 3. The minimum absolute atomic E-state index is 0.202. The van der Waals surface area contributed by atoms with Crippen LogP contribution in [0.3, 0.4) is 0 Å². The molecule has 20 heavy (non-hydrogen) atoms. The summed E-state index contributed by atoms with van der Waals surface area (Å²) in [5.41, 5.74) is 9.88. The van der Waals surface area contributed by atoms with Gasteiger partial charge in [0.1, 0.15) is 5.82 Å². The lowest BCUT2D eigenvalue weighted by atomic mass is 10.0. The zero-order valence-electron chi connectivity index (χ0n) is 11.0. The average Bonchev–Trinajstić information content (AvgIpc) is 2.46. The van der Waals surface area contributed by atoms with E-state index in [1.165, 1.54) is 12.1 Å². The topological polar surface area (TPSA) is 51.8 Å². The molecule has 0 spiro atoms. The number of pyridine rings is 2. The fourth-order valence-corrected chi connectivity index (χ4v) is 2.23. The first-order valence-electron chi connectivity index (χ1n) is 6.42. The Morgan fingerprint density at radius 2 is 1.95 bits per heavy atom. The Labute approximate surface area is 116 Å². The van der Waals surface area contributed by atoms with E-state index < -0.39 is 0 Å². The van der Waals surface area contributed by atoms with Crippen molar-refractivity contribution >= 4 is 11.0 Å². The molecule has 4 heteroatoms. The van der Waals surface area contributed by atoms with Crippen LogP contribution in [0.25, 0.3) is 22.3 Å². The summed E-state index contributed by atoms with van der Waals surface area (Å²) in [5, 5.41) is 0. The predicted octanol–water partition coefficient (Wildman–Crippen LogP) is 3.46. The monoisotopic (exact) mass is 267 g/mol. The second-order valence-corrected chi connectivity index (χ2v) is 4.77. The summed E-state index contributed by atoms with van der Waals surface area (Å²) in [6.45, 7) is 1.88. The molecule has 1 atom stereocenters. The molecule has 1 aromatic carbocycles. The Morgan fingerprint density at radius 1 is 1.10 bits per heavy atom. The summed E-state index contributed by atoms with van der Waals surface area (Å²) in [7, 11) is 0. The maximum absolute atomic E-state index is 13.4. The van der Waals surface area contributed by atoms with Gasteiger partial charge in [0.15, 0.2) is 0 Å². The van der Waals surface area contributed by atoms with Crippen molar-refractivity contribution in [2.75, 3.05) is 0 Å². The molecule has 0 fully saturated rings. The summed E-state index contributed by atoms with van der Waals surface area (Å²) < 4.78 is 13.4. The second-order valence-electron chi connectivity index (χ2n) is 4.77. The molecule has 0 aliphatic carbocycles. The number of halogens is 1. The Bertz CT molecular complexity index is 769. The van der Waals surface area contributed by atoms with E-state index >= 15 is 0 Å². The van der Waals surface area contributed by atoms with Crippen molar-refractivity contribution in [2.45, 2.75) is 13.0 Å². The first kappa shape index (κ1) is 12.7. The zero-order chi connectivity index (χ0) is 14.1. The molecule has 0 saturated heterocycles. The summed E-state index contributed by atoms with van der Waals surface area (Å²) >= 11 is 0. The number of fused-ring (bicyclic) bond motifs is 1. The molecule has 100 valence electrons. The summed E-state index contributed by atoms with van der Waals surface area (Å²) in [6.07, 6.45) is 1.72. The first-order valence-corrected chi connectivity index (χ1v) is 6.42. The SMILES string of the molecule is CC(N)c1cc2ncccc2nc1-c1cccc(F)c1. The standard InChI is InChI=1S/C16H14FN3/c1-10(18)13-9-15-14(6-3-7-19-15)20-16(13)11-4-2-5-12(17)8-11/h2-10H,18H2,1H3. The maximum Gasteiger partial charge on any atom is 0.123 e. The van der Waals surface area contributed by atoms with E-state index in [0.29, 0.717) is 5.69 Å². The van der Waals surface area contributed by atoms with Crippen molar-refractivity contribution < 1.29 is 4.39 Å². The molecular weight excluding hydrogens is 253 g/mol. The lowest BCUT2D eigenvalue weighted by molar-refractivity contribution is 0.628. The summed E-state index contributed by atoms with van der Waals surface area (Å²) in [4.78, 5) is 8.88. The van der Waals surface area contributed by atoms with Crippen LogP contribution >= 0.6 is 0 Å². The van der Waals surface area contributed by atoms with E-state index in [1.54, 1.807) is 12.3 Å². The molecule has 0 saturated carbocycles. The van der Waals surface area contributed by atoms with Gasteiger partial charge in [-0.15, -0.1) is 0 Å². The van der Waals surface area contributed by atoms with Crippen molar-refractivity contribution in [3.8, 4) is 11.3 Å². The first-order chi connectivity index (χ1) is 9.65. The number of hydrogen-bond donors (Lipinski definition) is 1. The molecule has 2 aromatic heterocycles. The maximum atomic E-state index is 13.4. The second kappa shape index (κ2) is 4.98. The van der Waals surface area contributed by atoms with Gasteiger partial charge >= 0.3 is 0 Å². The third-order valence-electron chi connectivity index (χ3n) is 3.20. The molecule has 0 bridgehead atoms. The Kier molecular flexibility index (Phi) is 3.16. The number of rotatable bonds is 2. The molecule has 3 rings (SSSR count). The van der Waals surface area contributed by atoms with Crippen molar-refractivity contribution in [3.63, 3.8) is 0 Å². The molecule has 0 aliphatic heterocycles. The van der Waals surface area contributed by atoms with Crippen LogP contribution < -0.4 is 5.73 Å². The van der Waals surface area contributed by atoms with Crippen LogP contribution in [0.1, 0.15) is 18.5 Å². The third kappa shape index (κ3) is 2.26. The average molecular weight is 267 g/mol. The van der Waals surface area contributed by atoms with Gasteiger partial charge in [0.25, 0.3) is 0 Å². The molecule has 1 unspecified atom stereocenters. The van der Waals surface area contributed by atoms with Crippen LogP contribution in [0.15, 0.2) is 48.7 Å². The van der Waals surface area contributed by atoms with Gasteiger partial charge in [-0.2, -0.15) is 0 Å². The van der Waals surface area contributed by atoms with Crippen LogP contribution in [0.2, 0.25) is 0 Å². The normalized spacial score (nSPS) is 12.6. The number of nitrogens with two attached hydrogens (primary N) is 1. The predicted molar refractivity (Wildman–Crippen MR) is 77.5 cm³/mol. The van der Waals surface area contributed by atoms with E-state index in [2.05, 4.69) is 9.97 Å². The van der Waals surface area contributed by atoms with Crippen molar-refractivity contribution in [2.24, 2.45) is 5.73 Å². The van der Waals surface area contributed by atoms with Crippen LogP contribution in [-0.4, -0.2) is 9.97 Å². The van der Waals surface area contributed by atoms with E-state index in [9.17, 15) is 4.39 Å². The fraction of sp³-hybridized carbons (Fsp3) is 0.125. The highest BCUT2D eigenvalue weighted by atomic mass is 19.1. The quantitative estimate of drug-likeness (QED) is 0.773. The van der Waals surface area contributed by atoms with Crippen LogP contribution in [-0.2, 0) is 0 Å². The third-order valence-corrected chi connectivity index (χ3v) is 3.20. The largest absolute Gasteiger partial charge is 0.324 e. The molecule has 0 amide bonds. The molecule has 0 radical (unpaired) electrons. The zero-order valence-corrected chi connectivity index (χ0v) is 11.0. The van der Waals surface area contributed by atoms with Gasteiger partial charge < -0.3 is 5.73 Å². The van der Waals surface area contributed by atoms with Gasteiger partial charge in [-0.1, -0.05) is 12.1 Å². The Balaban J connectivity index is 2.29. The summed E-state index contributed by atoms with van der Waals surface area (Å²) in [5.74, 6) is -0.286. The fourth-order valence-electron chi connectivity index (χ4n) is 2.23. The van der Waals surface area contributed by atoms with Crippen LogP contribution in [0.5, 0.6) is 0 Å². The molecule has 0 aliphatic rings. The van der Waals surface area contributed by atoms with Crippen molar-refractivity contribution in [3.05, 3.63) is 60.0 Å². The Hall–Kier alpha value is -2.33. The number of nitrogens with zero attached hydrogens (tertiary/aromatic N) is 2. The molecule has 3 nitrogen and oxygen atoms in total. The summed E-state index contributed by atoms with van der Waals surface area (Å²) in [6, 6.07) is 11.8. The van der Waals surface area contributed by atoms with E-state index in [1.807, 2.05) is 31.2 Å².